The highest BCUT2D eigenvalue weighted by Crippen LogP contribution is 2.49. The third kappa shape index (κ3) is 4.38. The van der Waals surface area contributed by atoms with Crippen LogP contribution in [-0.2, 0) is 0 Å². The van der Waals surface area contributed by atoms with Crippen molar-refractivity contribution in [2.24, 2.45) is 17.8 Å². The number of aromatic nitrogens is 4. The Balaban J connectivity index is 1.20. The van der Waals surface area contributed by atoms with Crippen molar-refractivity contribution in [1.82, 2.24) is 19.9 Å². The van der Waals surface area contributed by atoms with E-state index in [2.05, 4.69) is 24.8 Å². The lowest BCUT2D eigenvalue weighted by Crippen LogP contribution is -2.35. The van der Waals surface area contributed by atoms with E-state index in [1.165, 1.54) is 19.3 Å². The molecule has 1 saturated carbocycles. The number of hydrogen-bond acceptors (Lipinski definition) is 7. The van der Waals surface area contributed by atoms with Gasteiger partial charge >= 0.3 is 0 Å². The van der Waals surface area contributed by atoms with E-state index in [9.17, 15) is 0 Å². The number of anilines is 1. The molecule has 0 N–H and O–H groups in total. The Kier molecular flexibility index (Phi) is 5.38. The molecule has 1 aliphatic carbocycles. The van der Waals surface area contributed by atoms with Crippen molar-refractivity contribution >= 4 is 5.95 Å². The van der Waals surface area contributed by atoms with E-state index >= 15 is 0 Å². The number of piperidine rings is 1. The number of nitrogens with zero attached hydrogens (tertiary/aromatic N) is 6. The Hall–Kier alpha value is -2.75. The summed E-state index contributed by atoms with van der Waals surface area (Å²) in [4.78, 5) is 19.5. The van der Waals surface area contributed by atoms with Crippen LogP contribution in [0.5, 0.6) is 5.88 Å². The summed E-state index contributed by atoms with van der Waals surface area (Å²) >= 11 is 0. The van der Waals surface area contributed by atoms with E-state index in [1.807, 2.05) is 25.4 Å². The third-order valence-corrected chi connectivity index (χ3v) is 5.84. The molecule has 2 aromatic heterocycles. The van der Waals surface area contributed by atoms with Gasteiger partial charge in [0.15, 0.2) is 0 Å². The van der Waals surface area contributed by atoms with Gasteiger partial charge in [0.25, 0.3) is 0 Å². The second-order valence-electron chi connectivity index (χ2n) is 7.93. The molecule has 3 heterocycles. The van der Waals surface area contributed by atoms with Crippen LogP contribution in [-0.4, -0.2) is 39.6 Å². The van der Waals surface area contributed by atoms with Gasteiger partial charge in [-0.25, -0.2) is 15.0 Å². The van der Waals surface area contributed by atoms with Crippen molar-refractivity contribution in [2.45, 2.75) is 39.5 Å². The third-order valence-electron chi connectivity index (χ3n) is 5.84. The summed E-state index contributed by atoms with van der Waals surface area (Å²) in [6.45, 7) is 6.54. The zero-order valence-electron chi connectivity index (χ0n) is 16.5. The fourth-order valence-corrected chi connectivity index (χ4v) is 4.24. The maximum Gasteiger partial charge on any atom is 0.225 e. The van der Waals surface area contributed by atoms with E-state index in [4.69, 9.17) is 10.00 Å². The lowest BCUT2D eigenvalue weighted by Gasteiger charge is -2.32. The van der Waals surface area contributed by atoms with Gasteiger partial charge in [-0.15, -0.1) is 0 Å². The number of nitriles is 1. The minimum Gasteiger partial charge on any atom is -0.478 e. The normalized spacial score (nSPS) is 22.0. The molecule has 7 nitrogen and oxygen atoms in total. The molecule has 4 rings (SSSR count). The molecule has 0 radical (unpaired) electrons. The average molecular weight is 378 g/mol. The van der Waals surface area contributed by atoms with Crippen molar-refractivity contribution in [3.05, 3.63) is 35.5 Å². The van der Waals surface area contributed by atoms with Gasteiger partial charge in [0.05, 0.1) is 6.61 Å². The summed E-state index contributed by atoms with van der Waals surface area (Å²) < 4.78 is 5.77. The van der Waals surface area contributed by atoms with Crippen molar-refractivity contribution in [1.29, 1.82) is 5.26 Å². The monoisotopic (exact) mass is 378 g/mol. The second kappa shape index (κ2) is 8.09. The highest BCUT2D eigenvalue weighted by Gasteiger charge is 2.43. The number of rotatable bonds is 6. The SMILES string of the molecule is Cc1cnc(N2CCC(C3C[C@H]3CCOc3cc(C#N)nc(C)n3)CC2)nc1. The van der Waals surface area contributed by atoms with Gasteiger partial charge in [0.2, 0.25) is 11.8 Å². The summed E-state index contributed by atoms with van der Waals surface area (Å²) in [6, 6.07) is 3.66. The van der Waals surface area contributed by atoms with Gasteiger partial charge < -0.3 is 9.64 Å². The predicted octanol–water partition coefficient (Wildman–Crippen LogP) is 3.08. The lowest BCUT2D eigenvalue weighted by molar-refractivity contribution is 0.275. The summed E-state index contributed by atoms with van der Waals surface area (Å²) in [5, 5.41) is 8.99. The van der Waals surface area contributed by atoms with Gasteiger partial charge in [0, 0.05) is 31.5 Å². The van der Waals surface area contributed by atoms with Crippen LogP contribution in [0.25, 0.3) is 0 Å². The van der Waals surface area contributed by atoms with E-state index < -0.39 is 0 Å². The molecule has 0 spiro atoms. The van der Waals surface area contributed by atoms with Gasteiger partial charge in [-0.05, 0) is 62.8 Å². The summed E-state index contributed by atoms with van der Waals surface area (Å²) in [5.74, 6) is 4.33. The topological polar surface area (TPSA) is 87.8 Å². The van der Waals surface area contributed by atoms with E-state index in [0.717, 1.165) is 48.8 Å². The molecular formula is C21H26N6O. The first kappa shape index (κ1) is 18.6. The molecule has 1 aliphatic heterocycles. The molecule has 2 aliphatic rings. The Morgan fingerprint density at radius 2 is 1.93 bits per heavy atom. The summed E-state index contributed by atoms with van der Waals surface area (Å²) in [6.07, 6.45) is 8.58. The van der Waals surface area contributed by atoms with Crippen LogP contribution in [0, 0.1) is 42.9 Å². The molecular weight excluding hydrogens is 352 g/mol. The first-order chi connectivity index (χ1) is 13.6. The molecule has 2 atom stereocenters. The van der Waals surface area contributed by atoms with Gasteiger partial charge in [-0.2, -0.15) is 10.2 Å². The van der Waals surface area contributed by atoms with Crippen LogP contribution < -0.4 is 9.64 Å². The largest absolute Gasteiger partial charge is 0.478 e. The number of hydrogen-bond donors (Lipinski definition) is 0. The van der Waals surface area contributed by atoms with Crippen molar-refractivity contribution in [3.63, 3.8) is 0 Å². The smallest absolute Gasteiger partial charge is 0.225 e. The van der Waals surface area contributed by atoms with Gasteiger partial charge in [0.1, 0.15) is 17.6 Å². The highest BCUT2D eigenvalue weighted by molar-refractivity contribution is 5.30. The molecule has 0 amide bonds. The molecule has 2 aromatic rings. The Morgan fingerprint density at radius 1 is 1.18 bits per heavy atom. The summed E-state index contributed by atoms with van der Waals surface area (Å²) in [7, 11) is 0. The molecule has 28 heavy (non-hydrogen) atoms. The van der Waals surface area contributed by atoms with E-state index in [1.54, 1.807) is 13.0 Å². The van der Waals surface area contributed by atoms with Crippen molar-refractivity contribution in [2.75, 3.05) is 24.6 Å². The van der Waals surface area contributed by atoms with Gasteiger partial charge in [-0.3, -0.25) is 0 Å². The molecule has 146 valence electrons. The van der Waals surface area contributed by atoms with Crippen molar-refractivity contribution < 1.29 is 4.74 Å². The number of ether oxygens (including phenoxy) is 1. The van der Waals surface area contributed by atoms with E-state index in [0.29, 0.717) is 24.0 Å². The first-order valence-electron chi connectivity index (χ1n) is 10.0. The molecule has 0 bridgehead atoms. The standard InChI is InChI=1S/C21H26N6O/c1-14-12-23-21(24-13-14)27-6-3-16(4-7-27)19-9-17(19)5-8-28-20-10-18(11-22)25-15(2)26-20/h10,12-13,16-17,19H,3-9H2,1-2H3/t17-,19?/m1/s1. The van der Waals surface area contributed by atoms with Crippen LogP contribution in [0.15, 0.2) is 18.5 Å². The minimum absolute atomic E-state index is 0.358. The van der Waals surface area contributed by atoms with Crippen LogP contribution in [0.1, 0.15) is 42.8 Å². The van der Waals surface area contributed by atoms with Crippen LogP contribution in [0.3, 0.4) is 0 Å². The average Bonchev–Trinajstić information content (AvgIpc) is 3.48. The zero-order valence-corrected chi connectivity index (χ0v) is 16.5. The maximum atomic E-state index is 8.99. The Morgan fingerprint density at radius 3 is 2.64 bits per heavy atom. The molecule has 7 heteroatoms. The minimum atomic E-state index is 0.358. The Bertz CT molecular complexity index is 854. The number of aryl methyl sites for hydroxylation is 2. The molecule has 1 saturated heterocycles. The highest BCUT2D eigenvalue weighted by atomic mass is 16.5. The van der Waals surface area contributed by atoms with Crippen LogP contribution in [0.4, 0.5) is 5.95 Å². The lowest BCUT2D eigenvalue weighted by atomic mass is 9.90. The molecule has 1 unspecified atom stereocenters. The van der Waals surface area contributed by atoms with Gasteiger partial charge in [-0.1, -0.05) is 0 Å². The summed E-state index contributed by atoms with van der Waals surface area (Å²) in [5.41, 5.74) is 1.46. The van der Waals surface area contributed by atoms with Crippen LogP contribution >= 0.6 is 0 Å². The zero-order chi connectivity index (χ0) is 19.5. The molecule has 0 aromatic carbocycles. The quantitative estimate of drug-likeness (QED) is 0.763. The fourth-order valence-electron chi connectivity index (χ4n) is 4.24. The maximum absolute atomic E-state index is 8.99. The van der Waals surface area contributed by atoms with Crippen molar-refractivity contribution in [3.8, 4) is 11.9 Å². The van der Waals surface area contributed by atoms with E-state index in [-0.39, 0.29) is 0 Å². The Labute approximate surface area is 165 Å². The second-order valence-corrected chi connectivity index (χ2v) is 7.93. The van der Waals surface area contributed by atoms with Crippen LogP contribution in [0.2, 0.25) is 0 Å². The predicted molar refractivity (Wildman–Crippen MR) is 105 cm³/mol. The molecule has 2 fully saturated rings. The fraction of sp³-hybridized carbons (Fsp3) is 0.571. The first-order valence-corrected chi connectivity index (χ1v) is 10.0.